The van der Waals surface area contributed by atoms with Crippen LogP contribution in [0.4, 0.5) is 0 Å². The Hall–Kier alpha value is -2.52. The first-order chi connectivity index (χ1) is 13.5. The summed E-state index contributed by atoms with van der Waals surface area (Å²) in [4.78, 5) is 12.3. The molecule has 152 valence electrons. The Morgan fingerprint density at radius 1 is 1.18 bits per heavy atom. The molecule has 0 unspecified atom stereocenters. The molecule has 0 saturated heterocycles. The highest BCUT2D eigenvalue weighted by molar-refractivity contribution is 7.80. The minimum absolute atomic E-state index is 0.0540. The van der Waals surface area contributed by atoms with E-state index in [4.69, 9.17) is 17.0 Å². The van der Waals surface area contributed by atoms with Crippen LogP contribution in [-0.2, 0) is 11.3 Å². The molecule has 2 rings (SSSR count). The number of nitrogens with one attached hydrogen (secondary N) is 1. The number of thiocarbonyl (C=S) groups is 1. The molecule has 0 aliphatic rings. The molecule has 3 N–H and O–H groups in total. The van der Waals surface area contributed by atoms with Gasteiger partial charge in [-0.1, -0.05) is 19.8 Å². The number of benzene rings is 1. The second-order valence-electron chi connectivity index (χ2n) is 6.35. The minimum atomic E-state index is -0.578. The highest BCUT2D eigenvalue weighted by Crippen LogP contribution is 2.37. The quantitative estimate of drug-likeness (QED) is 0.332. The van der Waals surface area contributed by atoms with Gasteiger partial charge in [0.15, 0.2) is 0 Å². The zero-order chi connectivity index (χ0) is 20.5. The van der Waals surface area contributed by atoms with Gasteiger partial charge in [0.2, 0.25) is 16.9 Å². The van der Waals surface area contributed by atoms with Crippen LogP contribution in [0.25, 0.3) is 10.8 Å². The predicted molar refractivity (Wildman–Crippen MR) is 111 cm³/mol. The molecular formula is C19H26N4O4S. The van der Waals surface area contributed by atoms with Crippen molar-refractivity contribution in [2.24, 2.45) is 10.2 Å². The summed E-state index contributed by atoms with van der Waals surface area (Å²) in [5.41, 5.74) is 0.245. The van der Waals surface area contributed by atoms with E-state index in [1.54, 1.807) is 13.2 Å². The lowest BCUT2D eigenvalue weighted by atomic mass is 10.1. The van der Waals surface area contributed by atoms with Crippen LogP contribution in [0.2, 0.25) is 0 Å². The molecule has 0 aliphatic carbocycles. The number of carbonyl (C=O) groups is 1. The van der Waals surface area contributed by atoms with Crippen LogP contribution in [0.5, 0.6) is 11.8 Å². The van der Waals surface area contributed by atoms with Crippen LogP contribution in [0.15, 0.2) is 28.4 Å². The third-order valence-electron chi connectivity index (χ3n) is 4.28. The van der Waals surface area contributed by atoms with Gasteiger partial charge in [0.05, 0.1) is 0 Å². The maximum absolute atomic E-state index is 12.3. The number of fused-ring (bicyclic) bond motifs is 1. The lowest BCUT2D eigenvalue weighted by molar-refractivity contribution is 0.0995. The average molecular weight is 407 g/mol. The summed E-state index contributed by atoms with van der Waals surface area (Å²) in [7, 11) is 1.59. The van der Waals surface area contributed by atoms with Crippen LogP contribution in [0, 0.1) is 0 Å². The highest BCUT2D eigenvalue weighted by Gasteiger charge is 2.17. The second-order valence-corrected chi connectivity index (χ2v) is 6.74. The SMILES string of the molecule is CCCCCNC(=S)N=NC(=O)c1ccc2c(O)n(CCCOC)c(O)c2c1. The molecule has 2 aromatic rings. The van der Waals surface area contributed by atoms with E-state index >= 15 is 0 Å². The number of rotatable bonds is 9. The number of aromatic nitrogens is 1. The van der Waals surface area contributed by atoms with Crippen LogP contribution >= 0.6 is 12.2 Å². The first-order valence-electron chi connectivity index (χ1n) is 9.26. The second kappa shape index (κ2) is 10.7. The van der Waals surface area contributed by atoms with Crippen molar-refractivity contribution in [2.45, 2.75) is 39.2 Å². The van der Waals surface area contributed by atoms with Crippen molar-refractivity contribution < 1.29 is 19.7 Å². The number of unbranched alkanes of at least 4 members (excludes halogenated alkanes) is 2. The summed E-state index contributed by atoms with van der Waals surface area (Å²) in [6.07, 6.45) is 3.79. The molecule has 28 heavy (non-hydrogen) atoms. The molecule has 1 heterocycles. The molecule has 0 fully saturated rings. The summed E-state index contributed by atoms with van der Waals surface area (Å²) < 4.78 is 6.37. The highest BCUT2D eigenvalue weighted by atomic mass is 32.1. The number of ether oxygens (including phenoxy) is 1. The van der Waals surface area contributed by atoms with Gasteiger partial charge in [-0.15, -0.1) is 10.2 Å². The molecule has 0 radical (unpaired) electrons. The molecular weight excluding hydrogens is 380 g/mol. The van der Waals surface area contributed by atoms with E-state index in [-0.39, 0.29) is 22.4 Å². The summed E-state index contributed by atoms with van der Waals surface area (Å²) in [5, 5.41) is 32.0. The van der Waals surface area contributed by atoms with E-state index in [1.165, 1.54) is 16.7 Å². The van der Waals surface area contributed by atoms with Crippen LogP contribution < -0.4 is 5.32 Å². The van der Waals surface area contributed by atoms with Crippen molar-refractivity contribution in [3.8, 4) is 11.8 Å². The van der Waals surface area contributed by atoms with Crippen LogP contribution in [-0.4, -0.2) is 46.1 Å². The van der Waals surface area contributed by atoms with E-state index in [0.717, 1.165) is 19.3 Å². The van der Waals surface area contributed by atoms with Gasteiger partial charge < -0.3 is 20.3 Å². The molecule has 0 atom stereocenters. The smallest absolute Gasteiger partial charge is 0.295 e. The van der Waals surface area contributed by atoms with Gasteiger partial charge in [-0.05, 0) is 43.3 Å². The van der Waals surface area contributed by atoms with Crippen molar-refractivity contribution in [3.63, 3.8) is 0 Å². The monoisotopic (exact) mass is 406 g/mol. The Labute approximate surface area is 169 Å². The Bertz CT molecular complexity index is 863. The normalized spacial score (nSPS) is 11.4. The van der Waals surface area contributed by atoms with E-state index in [0.29, 0.717) is 36.9 Å². The summed E-state index contributed by atoms with van der Waals surface area (Å²) in [5.74, 6) is -0.740. The fourth-order valence-electron chi connectivity index (χ4n) is 2.78. The van der Waals surface area contributed by atoms with Crippen molar-refractivity contribution in [1.82, 2.24) is 9.88 Å². The topological polar surface area (TPSA) is 108 Å². The van der Waals surface area contributed by atoms with E-state index in [2.05, 4.69) is 22.5 Å². The lowest BCUT2D eigenvalue weighted by Crippen LogP contribution is -2.20. The molecule has 8 nitrogen and oxygen atoms in total. The zero-order valence-corrected chi connectivity index (χ0v) is 17.0. The number of nitrogens with zero attached hydrogens (tertiary/aromatic N) is 3. The summed E-state index contributed by atoms with van der Waals surface area (Å²) in [6.45, 7) is 3.69. The van der Waals surface area contributed by atoms with Crippen molar-refractivity contribution >= 4 is 34.0 Å². The number of methoxy groups -OCH3 is 1. The van der Waals surface area contributed by atoms with Gasteiger partial charge in [0, 0.05) is 43.1 Å². The molecule has 1 aromatic heterocycles. The van der Waals surface area contributed by atoms with Crippen molar-refractivity contribution in [2.75, 3.05) is 20.3 Å². The zero-order valence-electron chi connectivity index (χ0n) is 16.1. The van der Waals surface area contributed by atoms with Gasteiger partial charge >= 0.3 is 0 Å². The molecule has 1 aromatic carbocycles. The maximum Gasteiger partial charge on any atom is 0.295 e. The minimum Gasteiger partial charge on any atom is -0.494 e. The Morgan fingerprint density at radius 2 is 1.93 bits per heavy atom. The lowest BCUT2D eigenvalue weighted by Gasteiger charge is -2.05. The number of amides is 1. The Morgan fingerprint density at radius 3 is 2.64 bits per heavy atom. The predicted octanol–water partition coefficient (Wildman–Crippen LogP) is 3.75. The molecule has 1 amide bonds. The van der Waals surface area contributed by atoms with Crippen LogP contribution in [0.3, 0.4) is 0 Å². The van der Waals surface area contributed by atoms with E-state index in [9.17, 15) is 15.0 Å². The molecule has 0 bridgehead atoms. The molecule has 0 aliphatic heterocycles. The summed E-state index contributed by atoms with van der Waals surface area (Å²) >= 11 is 5.03. The van der Waals surface area contributed by atoms with Gasteiger partial charge in [0.1, 0.15) is 0 Å². The van der Waals surface area contributed by atoms with Crippen molar-refractivity contribution in [3.05, 3.63) is 23.8 Å². The van der Waals surface area contributed by atoms with E-state index < -0.39 is 5.91 Å². The number of azo groups is 1. The van der Waals surface area contributed by atoms with Gasteiger partial charge in [-0.3, -0.25) is 9.36 Å². The van der Waals surface area contributed by atoms with Crippen LogP contribution in [0.1, 0.15) is 43.0 Å². The molecule has 0 saturated carbocycles. The fourth-order valence-corrected chi connectivity index (χ4v) is 2.92. The number of hydrogen-bond acceptors (Lipinski definition) is 5. The number of aromatic hydroxyl groups is 2. The number of hydrogen-bond donors (Lipinski definition) is 3. The van der Waals surface area contributed by atoms with E-state index in [1.807, 2.05) is 0 Å². The fraction of sp³-hybridized carbons (Fsp3) is 0.474. The number of carbonyl (C=O) groups excluding carboxylic acids is 1. The largest absolute Gasteiger partial charge is 0.494 e. The summed E-state index contributed by atoms with van der Waals surface area (Å²) in [6, 6.07) is 4.58. The average Bonchev–Trinajstić information content (AvgIpc) is 2.94. The van der Waals surface area contributed by atoms with Gasteiger partial charge in [0.25, 0.3) is 5.91 Å². The Kier molecular flexibility index (Phi) is 8.34. The van der Waals surface area contributed by atoms with Gasteiger partial charge in [-0.25, -0.2) is 0 Å². The maximum atomic E-state index is 12.3. The Balaban J connectivity index is 2.10. The third kappa shape index (κ3) is 5.49. The first kappa shape index (κ1) is 21.8. The molecule has 9 heteroatoms. The standard InChI is InChI=1S/C19H26N4O4S/c1-3-4-5-9-20-19(28)22-21-16(24)13-7-8-14-15(12-13)18(26)23(17(14)25)10-6-11-27-2/h7-8,12,25-26H,3-6,9-11H2,1-2H3,(H,20,28). The third-order valence-corrected chi connectivity index (χ3v) is 4.50. The first-order valence-corrected chi connectivity index (χ1v) is 9.67. The van der Waals surface area contributed by atoms with Gasteiger partial charge in [-0.2, -0.15) is 0 Å². The van der Waals surface area contributed by atoms with Crippen molar-refractivity contribution in [1.29, 1.82) is 0 Å². The molecule has 0 spiro atoms.